The summed E-state index contributed by atoms with van der Waals surface area (Å²) in [6, 6.07) is 6.83. The first-order valence-electron chi connectivity index (χ1n) is 8.97. The molecule has 1 fully saturated rings. The molecule has 0 unspecified atom stereocenters. The second-order valence-corrected chi connectivity index (χ2v) is 6.95. The Hall–Kier alpha value is -2.90. The fourth-order valence-corrected chi connectivity index (χ4v) is 2.88. The number of rotatable bonds is 7. The van der Waals surface area contributed by atoms with Gasteiger partial charge in [-0.1, -0.05) is 38.1 Å². The first-order valence-corrected chi connectivity index (χ1v) is 8.97. The Morgan fingerprint density at radius 2 is 1.74 bits per heavy atom. The SMILES string of the molecule is CCNC(=O)CNC(=O)CN1C(=O)N[C@](C)(c2ccc(C(C)C)cc2)C1=O. The van der Waals surface area contributed by atoms with E-state index in [1.165, 1.54) is 0 Å². The number of benzene rings is 1. The predicted octanol–water partition coefficient (Wildman–Crippen LogP) is 0.829. The zero-order chi connectivity index (χ0) is 20.2. The topological polar surface area (TPSA) is 108 Å². The van der Waals surface area contributed by atoms with Crippen molar-refractivity contribution in [2.45, 2.75) is 39.2 Å². The molecule has 27 heavy (non-hydrogen) atoms. The van der Waals surface area contributed by atoms with Gasteiger partial charge in [0.15, 0.2) is 0 Å². The van der Waals surface area contributed by atoms with Crippen molar-refractivity contribution in [1.82, 2.24) is 20.9 Å². The summed E-state index contributed by atoms with van der Waals surface area (Å²) in [6.07, 6.45) is 0. The molecular formula is C19H26N4O4. The Balaban J connectivity index is 2.07. The second kappa shape index (κ2) is 8.20. The van der Waals surface area contributed by atoms with Gasteiger partial charge in [-0.25, -0.2) is 4.79 Å². The Morgan fingerprint density at radius 1 is 1.11 bits per heavy atom. The molecule has 0 aromatic heterocycles. The molecule has 2 rings (SSSR count). The summed E-state index contributed by atoms with van der Waals surface area (Å²) < 4.78 is 0. The minimum atomic E-state index is -1.23. The van der Waals surface area contributed by atoms with Crippen LogP contribution in [0.4, 0.5) is 4.79 Å². The van der Waals surface area contributed by atoms with Crippen molar-refractivity contribution in [3.63, 3.8) is 0 Å². The van der Waals surface area contributed by atoms with E-state index < -0.39 is 29.9 Å². The molecule has 0 saturated carbocycles. The lowest BCUT2D eigenvalue weighted by Gasteiger charge is -2.22. The Kier molecular flexibility index (Phi) is 6.20. The largest absolute Gasteiger partial charge is 0.355 e. The number of nitrogens with one attached hydrogen (secondary N) is 3. The molecule has 3 N–H and O–H groups in total. The van der Waals surface area contributed by atoms with E-state index in [2.05, 4.69) is 29.8 Å². The van der Waals surface area contributed by atoms with E-state index in [1.54, 1.807) is 13.8 Å². The van der Waals surface area contributed by atoms with Crippen LogP contribution in [-0.2, 0) is 19.9 Å². The molecule has 0 radical (unpaired) electrons. The van der Waals surface area contributed by atoms with Gasteiger partial charge >= 0.3 is 6.03 Å². The van der Waals surface area contributed by atoms with Gasteiger partial charge in [0.2, 0.25) is 11.8 Å². The molecule has 1 aliphatic heterocycles. The average Bonchev–Trinajstić information content (AvgIpc) is 2.84. The van der Waals surface area contributed by atoms with Crippen LogP contribution < -0.4 is 16.0 Å². The zero-order valence-electron chi connectivity index (χ0n) is 16.1. The number of urea groups is 1. The lowest BCUT2D eigenvalue weighted by molar-refractivity contribution is -0.135. The molecule has 0 aliphatic carbocycles. The van der Waals surface area contributed by atoms with Crippen molar-refractivity contribution in [3.8, 4) is 0 Å². The van der Waals surface area contributed by atoms with Crippen molar-refractivity contribution < 1.29 is 19.2 Å². The monoisotopic (exact) mass is 374 g/mol. The maximum atomic E-state index is 12.8. The first kappa shape index (κ1) is 20.4. The molecular weight excluding hydrogens is 348 g/mol. The normalized spacial score (nSPS) is 19.2. The van der Waals surface area contributed by atoms with E-state index in [0.717, 1.165) is 10.5 Å². The summed E-state index contributed by atoms with van der Waals surface area (Å²) in [7, 11) is 0. The molecule has 146 valence electrons. The van der Waals surface area contributed by atoms with Crippen LogP contribution >= 0.6 is 0 Å². The summed E-state index contributed by atoms with van der Waals surface area (Å²) in [5.41, 5.74) is 0.545. The summed E-state index contributed by atoms with van der Waals surface area (Å²) >= 11 is 0. The van der Waals surface area contributed by atoms with Crippen molar-refractivity contribution in [2.24, 2.45) is 0 Å². The van der Waals surface area contributed by atoms with E-state index in [-0.39, 0.29) is 12.5 Å². The van der Waals surface area contributed by atoms with Crippen LogP contribution in [0.25, 0.3) is 0 Å². The van der Waals surface area contributed by atoms with Crippen LogP contribution in [0, 0.1) is 0 Å². The molecule has 0 spiro atoms. The third-order valence-corrected chi connectivity index (χ3v) is 4.55. The van der Waals surface area contributed by atoms with Gasteiger partial charge < -0.3 is 16.0 Å². The molecule has 1 aromatic rings. The van der Waals surface area contributed by atoms with Gasteiger partial charge in [-0.15, -0.1) is 0 Å². The maximum Gasteiger partial charge on any atom is 0.325 e. The molecule has 5 amide bonds. The van der Waals surface area contributed by atoms with Gasteiger partial charge in [-0.05, 0) is 30.9 Å². The van der Waals surface area contributed by atoms with Crippen molar-refractivity contribution in [2.75, 3.05) is 19.6 Å². The molecule has 1 heterocycles. The third kappa shape index (κ3) is 4.45. The third-order valence-electron chi connectivity index (χ3n) is 4.55. The first-order chi connectivity index (χ1) is 12.7. The number of hydrogen-bond acceptors (Lipinski definition) is 4. The molecule has 1 aromatic carbocycles. The Labute approximate surface area is 158 Å². The van der Waals surface area contributed by atoms with E-state index in [1.807, 2.05) is 24.3 Å². The van der Waals surface area contributed by atoms with Crippen molar-refractivity contribution >= 4 is 23.8 Å². The Morgan fingerprint density at radius 3 is 2.30 bits per heavy atom. The van der Waals surface area contributed by atoms with Crippen LogP contribution in [0.3, 0.4) is 0 Å². The smallest absolute Gasteiger partial charge is 0.325 e. The summed E-state index contributed by atoms with van der Waals surface area (Å²) in [5, 5.41) is 7.61. The van der Waals surface area contributed by atoms with E-state index in [9.17, 15) is 19.2 Å². The summed E-state index contributed by atoms with van der Waals surface area (Å²) in [5.74, 6) is -1.06. The van der Waals surface area contributed by atoms with Gasteiger partial charge in [0.05, 0.1) is 6.54 Å². The van der Waals surface area contributed by atoms with Crippen LogP contribution in [0.15, 0.2) is 24.3 Å². The van der Waals surface area contributed by atoms with Crippen molar-refractivity contribution in [1.29, 1.82) is 0 Å². The fourth-order valence-electron chi connectivity index (χ4n) is 2.88. The fraction of sp³-hybridized carbons (Fsp3) is 0.474. The number of amides is 5. The molecule has 1 saturated heterocycles. The highest BCUT2D eigenvalue weighted by molar-refractivity contribution is 6.09. The molecule has 1 atom stereocenters. The summed E-state index contributed by atoms with van der Waals surface area (Å²) in [6.45, 7) is 7.33. The highest BCUT2D eigenvalue weighted by atomic mass is 16.2. The van der Waals surface area contributed by atoms with Gasteiger partial charge in [0, 0.05) is 6.54 Å². The average molecular weight is 374 g/mol. The molecule has 8 heteroatoms. The maximum absolute atomic E-state index is 12.8. The number of carbonyl (C=O) groups excluding carboxylic acids is 4. The highest BCUT2D eigenvalue weighted by Crippen LogP contribution is 2.29. The molecule has 8 nitrogen and oxygen atoms in total. The predicted molar refractivity (Wildman–Crippen MR) is 99.8 cm³/mol. The van der Waals surface area contributed by atoms with Gasteiger partial charge in [0.25, 0.3) is 5.91 Å². The number of hydrogen-bond donors (Lipinski definition) is 3. The number of likely N-dealkylation sites (N-methyl/N-ethyl adjacent to an activating group) is 1. The highest BCUT2D eigenvalue weighted by Gasteiger charge is 2.49. The van der Waals surface area contributed by atoms with E-state index >= 15 is 0 Å². The minimum Gasteiger partial charge on any atom is -0.355 e. The van der Waals surface area contributed by atoms with Crippen molar-refractivity contribution in [3.05, 3.63) is 35.4 Å². The number of carbonyl (C=O) groups is 4. The summed E-state index contributed by atoms with van der Waals surface area (Å²) in [4.78, 5) is 49.3. The molecule has 0 bridgehead atoms. The van der Waals surface area contributed by atoms with Crippen LogP contribution in [0.2, 0.25) is 0 Å². The molecule has 1 aliphatic rings. The number of nitrogens with zero attached hydrogens (tertiary/aromatic N) is 1. The van der Waals surface area contributed by atoms with Gasteiger partial charge in [-0.2, -0.15) is 0 Å². The van der Waals surface area contributed by atoms with E-state index in [0.29, 0.717) is 18.0 Å². The Bertz CT molecular complexity index is 745. The van der Waals surface area contributed by atoms with Crippen LogP contribution in [0.1, 0.15) is 44.7 Å². The van der Waals surface area contributed by atoms with E-state index in [4.69, 9.17) is 0 Å². The number of imide groups is 1. The van der Waals surface area contributed by atoms with Crippen LogP contribution in [-0.4, -0.2) is 48.3 Å². The minimum absolute atomic E-state index is 0.204. The van der Waals surface area contributed by atoms with Crippen LogP contribution in [0.5, 0.6) is 0 Å². The lowest BCUT2D eigenvalue weighted by atomic mass is 9.90. The lowest BCUT2D eigenvalue weighted by Crippen LogP contribution is -2.45. The second-order valence-electron chi connectivity index (χ2n) is 6.95. The zero-order valence-corrected chi connectivity index (χ0v) is 16.1. The standard InChI is InChI=1S/C19H26N4O4/c1-5-20-15(24)10-21-16(25)11-23-17(26)19(4,22-18(23)27)14-8-6-13(7-9-14)12(2)3/h6-9,12H,5,10-11H2,1-4H3,(H,20,24)(H,21,25)(H,22,27)/t19-/m1/s1. The quantitative estimate of drug-likeness (QED) is 0.614. The van der Waals surface area contributed by atoms with Gasteiger partial charge in [-0.3, -0.25) is 19.3 Å². The van der Waals surface area contributed by atoms with Gasteiger partial charge in [0.1, 0.15) is 12.1 Å².